The van der Waals surface area contributed by atoms with Gasteiger partial charge in [-0.3, -0.25) is 10.1 Å². The standard InChI is InChI=1S/C20H26N6O2S/c1-12-3-7-16(8-4-12)26-20(23-24-25-26)29-11-18(27)22-19(28)21-13(2)17-10-14-5-6-15(17)9-14/h3-4,7-8,13-15,17H,5-6,9-11H2,1-2H3,(H2,21,22,27,28)/t13-,14+,15+,17-/m1/s1. The van der Waals surface area contributed by atoms with E-state index in [4.69, 9.17) is 0 Å². The van der Waals surface area contributed by atoms with Crippen LogP contribution in [0.15, 0.2) is 29.4 Å². The number of benzene rings is 1. The molecule has 2 saturated carbocycles. The molecule has 9 heteroatoms. The summed E-state index contributed by atoms with van der Waals surface area (Å²) in [5.41, 5.74) is 1.96. The third kappa shape index (κ3) is 4.60. The maximum atomic E-state index is 12.2. The van der Waals surface area contributed by atoms with E-state index in [1.807, 2.05) is 38.1 Å². The van der Waals surface area contributed by atoms with Crippen molar-refractivity contribution in [1.82, 2.24) is 30.8 Å². The summed E-state index contributed by atoms with van der Waals surface area (Å²) >= 11 is 1.19. The summed E-state index contributed by atoms with van der Waals surface area (Å²) in [5.74, 6) is 1.77. The molecule has 4 rings (SSSR count). The van der Waals surface area contributed by atoms with E-state index in [0.717, 1.165) is 23.1 Å². The van der Waals surface area contributed by atoms with Gasteiger partial charge in [-0.1, -0.05) is 35.9 Å². The van der Waals surface area contributed by atoms with Crippen molar-refractivity contribution >= 4 is 23.7 Å². The highest BCUT2D eigenvalue weighted by atomic mass is 32.2. The molecule has 2 aliphatic carbocycles. The third-order valence-electron chi connectivity index (χ3n) is 6.10. The van der Waals surface area contributed by atoms with Gasteiger partial charge < -0.3 is 5.32 Å². The highest BCUT2D eigenvalue weighted by Crippen LogP contribution is 2.49. The van der Waals surface area contributed by atoms with Crippen molar-refractivity contribution in [2.75, 3.05) is 5.75 Å². The monoisotopic (exact) mass is 414 g/mol. The summed E-state index contributed by atoms with van der Waals surface area (Å²) in [6.45, 7) is 4.05. The Bertz CT molecular complexity index is 883. The van der Waals surface area contributed by atoms with Gasteiger partial charge in [-0.05, 0) is 73.4 Å². The normalized spacial score (nSPS) is 23.7. The largest absolute Gasteiger partial charge is 0.335 e. The molecule has 0 aliphatic heterocycles. The number of imide groups is 1. The van der Waals surface area contributed by atoms with E-state index < -0.39 is 6.03 Å². The fourth-order valence-electron chi connectivity index (χ4n) is 4.67. The van der Waals surface area contributed by atoms with Crippen LogP contribution in [0.3, 0.4) is 0 Å². The lowest BCUT2D eigenvalue weighted by molar-refractivity contribution is -0.117. The number of tetrazole rings is 1. The molecule has 1 aromatic heterocycles. The predicted molar refractivity (Wildman–Crippen MR) is 110 cm³/mol. The van der Waals surface area contributed by atoms with Crippen molar-refractivity contribution in [3.05, 3.63) is 29.8 Å². The first-order valence-corrected chi connectivity index (χ1v) is 11.1. The first kappa shape index (κ1) is 19.9. The number of thioether (sulfide) groups is 1. The molecular formula is C20H26N6O2S. The zero-order valence-electron chi connectivity index (χ0n) is 16.7. The van der Waals surface area contributed by atoms with E-state index >= 15 is 0 Å². The van der Waals surface area contributed by atoms with E-state index in [-0.39, 0.29) is 17.7 Å². The molecule has 3 amide bonds. The van der Waals surface area contributed by atoms with Gasteiger partial charge in [0.05, 0.1) is 11.4 Å². The zero-order chi connectivity index (χ0) is 20.4. The first-order valence-electron chi connectivity index (χ1n) is 10.1. The zero-order valence-corrected chi connectivity index (χ0v) is 17.5. The van der Waals surface area contributed by atoms with Crippen LogP contribution in [-0.2, 0) is 4.79 Å². The lowest BCUT2D eigenvalue weighted by Gasteiger charge is -2.28. The minimum Gasteiger partial charge on any atom is -0.335 e. The van der Waals surface area contributed by atoms with Crippen LogP contribution >= 0.6 is 11.8 Å². The number of nitrogens with one attached hydrogen (secondary N) is 2. The Labute approximate surface area is 174 Å². The molecule has 4 atom stereocenters. The number of amides is 3. The van der Waals surface area contributed by atoms with Crippen LogP contribution in [0.2, 0.25) is 0 Å². The van der Waals surface area contributed by atoms with Gasteiger partial charge in [0.2, 0.25) is 11.1 Å². The van der Waals surface area contributed by atoms with Crippen LogP contribution < -0.4 is 10.6 Å². The Morgan fingerprint density at radius 1 is 1.24 bits per heavy atom. The molecular weight excluding hydrogens is 388 g/mol. The van der Waals surface area contributed by atoms with Crippen molar-refractivity contribution in [2.45, 2.75) is 50.7 Å². The second kappa shape index (κ2) is 8.52. The van der Waals surface area contributed by atoms with Gasteiger partial charge >= 0.3 is 6.03 Å². The molecule has 0 radical (unpaired) electrons. The minimum absolute atomic E-state index is 0.0577. The molecule has 29 heavy (non-hydrogen) atoms. The summed E-state index contributed by atoms with van der Waals surface area (Å²) in [7, 11) is 0. The van der Waals surface area contributed by atoms with Crippen LogP contribution in [0.1, 0.15) is 38.2 Å². The maximum Gasteiger partial charge on any atom is 0.321 e. The number of hydrogen-bond donors (Lipinski definition) is 2. The molecule has 2 aliphatic rings. The fourth-order valence-corrected chi connectivity index (χ4v) is 5.36. The summed E-state index contributed by atoms with van der Waals surface area (Å²) in [4.78, 5) is 24.4. The van der Waals surface area contributed by atoms with E-state index in [0.29, 0.717) is 11.1 Å². The molecule has 0 spiro atoms. The summed E-state index contributed by atoms with van der Waals surface area (Å²) in [5, 5.41) is 17.5. The Morgan fingerprint density at radius 3 is 2.72 bits per heavy atom. The van der Waals surface area contributed by atoms with Crippen molar-refractivity contribution in [1.29, 1.82) is 0 Å². The van der Waals surface area contributed by atoms with E-state index in [1.165, 1.54) is 37.4 Å². The van der Waals surface area contributed by atoms with Crippen LogP contribution in [0.25, 0.3) is 5.69 Å². The Kier molecular flexibility index (Phi) is 5.84. The molecule has 2 aromatic rings. The Hall–Kier alpha value is -2.42. The summed E-state index contributed by atoms with van der Waals surface area (Å²) in [6.07, 6.45) is 5.09. The summed E-state index contributed by atoms with van der Waals surface area (Å²) < 4.78 is 1.58. The predicted octanol–water partition coefficient (Wildman–Crippen LogP) is 2.71. The molecule has 0 unspecified atom stereocenters. The number of carbonyl (C=O) groups is 2. The van der Waals surface area contributed by atoms with Crippen molar-refractivity contribution < 1.29 is 9.59 Å². The minimum atomic E-state index is -0.427. The molecule has 1 aromatic carbocycles. The van der Waals surface area contributed by atoms with E-state index in [9.17, 15) is 9.59 Å². The van der Waals surface area contributed by atoms with Gasteiger partial charge in [0.15, 0.2) is 0 Å². The van der Waals surface area contributed by atoms with Crippen molar-refractivity contribution in [3.8, 4) is 5.69 Å². The number of urea groups is 1. The van der Waals surface area contributed by atoms with Gasteiger partial charge in [0.25, 0.3) is 0 Å². The maximum absolute atomic E-state index is 12.2. The fraction of sp³-hybridized carbons (Fsp3) is 0.550. The quantitative estimate of drug-likeness (QED) is 0.705. The van der Waals surface area contributed by atoms with Gasteiger partial charge in [-0.15, -0.1) is 5.10 Å². The number of aryl methyl sites for hydroxylation is 1. The second-order valence-corrected chi connectivity index (χ2v) is 9.09. The molecule has 2 fully saturated rings. The third-order valence-corrected chi connectivity index (χ3v) is 7.02. The van der Waals surface area contributed by atoms with Crippen molar-refractivity contribution in [3.63, 3.8) is 0 Å². The number of hydrogen-bond acceptors (Lipinski definition) is 6. The number of rotatable bonds is 6. The highest BCUT2D eigenvalue weighted by molar-refractivity contribution is 7.99. The van der Waals surface area contributed by atoms with Crippen LogP contribution in [-0.4, -0.2) is 43.9 Å². The molecule has 8 nitrogen and oxygen atoms in total. The molecule has 154 valence electrons. The van der Waals surface area contributed by atoms with Gasteiger partial charge in [0.1, 0.15) is 0 Å². The van der Waals surface area contributed by atoms with Gasteiger partial charge in [-0.25, -0.2) is 4.79 Å². The average Bonchev–Trinajstić information content (AvgIpc) is 3.43. The average molecular weight is 415 g/mol. The number of aromatic nitrogens is 4. The van der Waals surface area contributed by atoms with Crippen LogP contribution in [0.5, 0.6) is 0 Å². The number of carbonyl (C=O) groups excluding carboxylic acids is 2. The number of fused-ring (bicyclic) bond motifs is 2. The molecule has 2 bridgehead atoms. The van der Waals surface area contributed by atoms with E-state index in [2.05, 4.69) is 26.2 Å². The van der Waals surface area contributed by atoms with Gasteiger partial charge in [0, 0.05) is 6.04 Å². The molecule has 1 heterocycles. The van der Waals surface area contributed by atoms with Crippen LogP contribution in [0.4, 0.5) is 4.79 Å². The second-order valence-electron chi connectivity index (χ2n) is 8.15. The molecule has 0 saturated heterocycles. The van der Waals surface area contributed by atoms with Gasteiger partial charge in [-0.2, -0.15) is 4.68 Å². The smallest absolute Gasteiger partial charge is 0.321 e. The SMILES string of the molecule is Cc1ccc(-n2nnnc2SCC(=O)NC(=O)N[C@H](C)[C@H]2C[C@H]3CC[C@H]2C3)cc1. The Morgan fingerprint density at radius 2 is 2.03 bits per heavy atom. The summed E-state index contributed by atoms with van der Waals surface area (Å²) in [6, 6.07) is 7.43. The lowest BCUT2D eigenvalue weighted by Crippen LogP contribution is -2.47. The van der Waals surface area contributed by atoms with Crippen molar-refractivity contribution in [2.24, 2.45) is 17.8 Å². The highest BCUT2D eigenvalue weighted by Gasteiger charge is 2.42. The van der Waals surface area contributed by atoms with E-state index in [1.54, 1.807) is 4.68 Å². The number of nitrogens with zero attached hydrogens (tertiary/aromatic N) is 4. The molecule has 2 N–H and O–H groups in total. The van der Waals surface area contributed by atoms with Crippen LogP contribution in [0, 0.1) is 24.7 Å². The lowest BCUT2D eigenvalue weighted by atomic mass is 9.84. The first-order chi connectivity index (χ1) is 14.0. The topological polar surface area (TPSA) is 102 Å². The Balaban J connectivity index is 1.26.